The largest absolute Gasteiger partial charge is 0.370 e. The standard InChI is InChI=1S/C16H21N5/c1-4-10-18-16(17)19-11-15-12(2)20-21(13(15)3)14-8-6-5-7-9-14/h4-9H,1,10-11H2,2-3H3,(H3,17,18,19). The Bertz CT molecular complexity index is 640. The molecule has 0 saturated carbocycles. The number of guanidine groups is 1. The van der Waals surface area contributed by atoms with Gasteiger partial charge in [-0.25, -0.2) is 9.67 Å². The van der Waals surface area contributed by atoms with Gasteiger partial charge < -0.3 is 11.1 Å². The summed E-state index contributed by atoms with van der Waals surface area (Å²) in [6, 6.07) is 10.1. The number of rotatable bonds is 5. The summed E-state index contributed by atoms with van der Waals surface area (Å²) in [6.07, 6.45) is 1.74. The molecule has 0 radical (unpaired) electrons. The maximum absolute atomic E-state index is 5.79. The highest BCUT2D eigenvalue weighted by Crippen LogP contribution is 2.18. The van der Waals surface area contributed by atoms with Crippen molar-refractivity contribution in [2.45, 2.75) is 20.4 Å². The van der Waals surface area contributed by atoms with E-state index in [1.807, 2.05) is 48.9 Å². The second-order valence-electron chi connectivity index (χ2n) is 4.77. The average molecular weight is 283 g/mol. The van der Waals surface area contributed by atoms with Crippen LogP contribution in [0.15, 0.2) is 48.0 Å². The van der Waals surface area contributed by atoms with Crippen molar-refractivity contribution >= 4 is 5.96 Å². The Balaban J connectivity index is 2.22. The molecule has 0 aliphatic heterocycles. The van der Waals surface area contributed by atoms with Gasteiger partial charge in [0.1, 0.15) is 0 Å². The zero-order chi connectivity index (χ0) is 15.2. The van der Waals surface area contributed by atoms with Gasteiger partial charge in [-0.05, 0) is 26.0 Å². The number of aliphatic imine (C=N–C) groups is 1. The van der Waals surface area contributed by atoms with E-state index < -0.39 is 0 Å². The van der Waals surface area contributed by atoms with Crippen LogP contribution in [0.5, 0.6) is 0 Å². The van der Waals surface area contributed by atoms with E-state index in [0.29, 0.717) is 19.0 Å². The molecule has 2 rings (SSSR count). The summed E-state index contributed by atoms with van der Waals surface area (Å²) in [5.41, 5.74) is 9.99. The second kappa shape index (κ2) is 6.74. The zero-order valence-electron chi connectivity index (χ0n) is 12.5. The lowest BCUT2D eigenvalue weighted by Gasteiger charge is -2.05. The average Bonchev–Trinajstić information content (AvgIpc) is 2.79. The van der Waals surface area contributed by atoms with Crippen LogP contribution in [0.4, 0.5) is 0 Å². The number of benzene rings is 1. The summed E-state index contributed by atoms with van der Waals surface area (Å²) in [6.45, 7) is 8.79. The molecule has 0 aliphatic rings. The lowest BCUT2D eigenvalue weighted by atomic mass is 10.2. The Hall–Kier alpha value is -2.56. The number of nitrogens with two attached hydrogens (primary N) is 1. The molecule has 0 spiro atoms. The van der Waals surface area contributed by atoms with E-state index in [4.69, 9.17) is 5.73 Å². The van der Waals surface area contributed by atoms with Gasteiger partial charge in [-0.3, -0.25) is 0 Å². The normalized spacial score (nSPS) is 11.4. The molecular weight excluding hydrogens is 262 g/mol. The van der Waals surface area contributed by atoms with Crippen LogP contribution in [0.1, 0.15) is 17.0 Å². The van der Waals surface area contributed by atoms with Crippen LogP contribution in [-0.4, -0.2) is 22.3 Å². The molecule has 0 saturated heterocycles. The van der Waals surface area contributed by atoms with Gasteiger partial charge in [0.25, 0.3) is 0 Å². The SMILES string of the molecule is C=CCNC(N)=NCc1c(C)nn(-c2ccccc2)c1C. The second-order valence-corrected chi connectivity index (χ2v) is 4.77. The lowest BCUT2D eigenvalue weighted by molar-refractivity contribution is 0.832. The summed E-state index contributed by atoms with van der Waals surface area (Å²) in [4.78, 5) is 4.34. The van der Waals surface area contributed by atoms with Crippen LogP contribution in [0, 0.1) is 13.8 Å². The molecule has 5 heteroatoms. The lowest BCUT2D eigenvalue weighted by Crippen LogP contribution is -2.31. The molecule has 110 valence electrons. The highest BCUT2D eigenvalue weighted by atomic mass is 15.3. The van der Waals surface area contributed by atoms with E-state index >= 15 is 0 Å². The Labute approximate surface area is 125 Å². The van der Waals surface area contributed by atoms with Gasteiger partial charge in [-0.2, -0.15) is 5.10 Å². The maximum atomic E-state index is 5.79. The zero-order valence-corrected chi connectivity index (χ0v) is 12.5. The molecular formula is C16H21N5. The number of para-hydroxylation sites is 1. The van der Waals surface area contributed by atoms with Gasteiger partial charge in [0.15, 0.2) is 5.96 Å². The third kappa shape index (κ3) is 3.51. The molecule has 3 N–H and O–H groups in total. The molecule has 0 atom stereocenters. The minimum Gasteiger partial charge on any atom is -0.370 e. The van der Waals surface area contributed by atoms with Gasteiger partial charge in [0, 0.05) is 17.8 Å². The summed E-state index contributed by atoms with van der Waals surface area (Å²) < 4.78 is 1.94. The fraction of sp³-hybridized carbons (Fsp3) is 0.250. The highest BCUT2D eigenvalue weighted by Gasteiger charge is 2.12. The minimum absolute atomic E-state index is 0.418. The number of hydrogen-bond acceptors (Lipinski definition) is 2. The van der Waals surface area contributed by atoms with Crippen molar-refractivity contribution in [1.82, 2.24) is 15.1 Å². The molecule has 2 aromatic rings. The van der Waals surface area contributed by atoms with E-state index in [1.54, 1.807) is 6.08 Å². The molecule has 5 nitrogen and oxygen atoms in total. The van der Waals surface area contributed by atoms with Crippen molar-refractivity contribution in [2.75, 3.05) is 6.54 Å². The van der Waals surface area contributed by atoms with Crippen LogP contribution < -0.4 is 11.1 Å². The van der Waals surface area contributed by atoms with E-state index in [0.717, 1.165) is 22.6 Å². The first-order chi connectivity index (χ1) is 10.1. The van der Waals surface area contributed by atoms with Gasteiger partial charge >= 0.3 is 0 Å². The van der Waals surface area contributed by atoms with Crippen molar-refractivity contribution in [3.63, 3.8) is 0 Å². The van der Waals surface area contributed by atoms with Crippen molar-refractivity contribution < 1.29 is 0 Å². The first-order valence-corrected chi connectivity index (χ1v) is 6.88. The predicted octanol–water partition coefficient (Wildman–Crippen LogP) is 2.08. The summed E-state index contributed by atoms with van der Waals surface area (Å²) in [5.74, 6) is 0.418. The van der Waals surface area contributed by atoms with Crippen molar-refractivity contribution in [2.24, 2.45) is 10.7 Å². The molecule has 1 aromatic heterocycles. The molecule has 0 bridgehead atoms. The Morgan fingerprint density at radius 3 is 2.76 bits per heavy atom. The van der Waals surface area contributed by atoms with Gasteiger partial charge in [-0.15, -0.1) is 6.58 Å². The fourth-order valence-electron chi connectivity index (χ4n) is 2.12. The summed E-state index contributed by atoms with van der Waals surface area (Å²) in [7, 11) is 0. The predicted molar refractivity (Wildman–Crippen MR) is 86.6 cm³/mol. The fourth-order valence-corrected chi connectivity index (χ4v) is 2.12. The molecule has 0 unspecified atom stereocenters. The molecule has 1 aromatic carbocycles. The first-order valence-electron chi connectivity index (χ1n) is 6.88. The number of nitrogens with one attached hydrogen (secondary N) is 1. The number of aryl methyl sites for hydroxylation is 1. The number of aromatic nitrogens is 2. The van der Waals surface area contributed by atoms with Gasteiger partial charge in [-0.1, -0.05) is 24.3 Å². The summed E-state index contributed by atoms with van der Waals surface area (Å²) in [5, 5.41) is 7.55. The third-order valence-corrected chi connectivity index (χ3v) is 3.28. The Morgan fingerprint density at radius 2 is 2.10 bits per heavy atom. The van der Waals surface area contributed by atoms with E-state index in [9.17, 15) is 0 Å². The molecule has 0 amide bonds. The topological polar surface area (TPSA) is 68.2 Å². The van der Waals surface area contributed by atoms with Crippen LogP contribution in [0.25, 0.3) is 5.69 Å². The van der Waals surface area contributed by atoms with E-state index in [-0.39, 0.29) is 0 Å². The smallest absolute Gasteiger partial charge is 0.189 e. The highest BCUT2D eigenvalue weighted by molar-refractivity contribution is 5.77. The third-order valence-electron chi connectivity index (χ3n) is 3.28. The first kappa shape index (κ1) is 14.8. The van der Waals surface area contributed by atoms with Crippen molar-refractivity contribution in [3.05, 3.63) is 59.9 Å². The Morgan fingerprint density at radius 1 is 1.38 bits per heavy atom. The van der Waals surface area contributed by atoms with E-state index in [1.165, 1.54) is 0 Å². The summed E-state index contributed by atoms with van der Waals surface area (Å²) >= 11 is 0. The maximum Gasteiger partial charge on any atom is 0.189 e. The molecule has 21 heavy (non-hydrogen) atoms. The van der Waals surface area contributed by atoms with Crippen LogP contribution in [-0.2, 0) is 6.54 Å². The van der Waals surface area contributed by atoms with Crippen molar-refractivity contribution in [1.29, 1.82) is 0 Å². The van der Waals surface area contributed by atoms with Crippen molar-refractivity contribution in [3.8, 4) is 5.69 Å². The van der Waals surface area contributed by atoms with Crippen LogP contribution in [0.3, 0.4) is 0 Å². The minimum atomic E-state index is 0.418. The van der Waals surface area contributed by atoms with Gasteiger partial charge in [0.05, 0.1) is 17.9 Å². The van der Waals surface area contributed by atoms with Gasteiger partial charge in [0.2, 0.25) is 0 Å². The molecule has 0 fully saturated rings. The van der Waals surface area contributed by atoms with E-state index in [2.05, 4.69) is 22.0 Å². The van der Waals surface area contributed by atoms with Crippen LogP contribution in [0.2, 0.25) is 0 Å². The monoisotopic (exact) mass is 283 g/mol. The van der Waals surface area contributed by atoms with Crippen LogP contribution >= 0.6 is 0 Å². The number of hydrogen-bond donors (Lipinski definition) is 2. The Kier molecular flexibility index (Phi) is 4.77. The molecule has 0 aliphatic carbocycles. The number of nitrogens with zero attached hydrogens (tertiary/aromatic N) is 3. The quantitative estimate of drug-likeness (QED) is 0.501. The molecule has 1 heterocycles.